The summed E-state index contributed by atoms with van der Waals surface area (Å²) in [5.74, 6) is -0.236. The van der Waals surface area contributed by atoms with E-state index >= 15 is 0 Å². The summed E-state index contributed by atoms with van der Waals surface area (Å²) in [5, 5.41) is 3.29. The Kier molecular flexibility index (Phi) is 7.35. The minimum Gasteiger partial charge on any atom is -0.348 e. The quantitative estimate of drug-likeness (QED) is 0.435. The van der Waals surface area contributed by atoms with Gasteiger partial charge in [0.05, 0.1) is 24.8 Å². The monoisotopic (exact) mass is 520 g/mol. The van der Waals surface area contributed by atoms with Gasteiger partial charge in [-0.15, -0.1) is 0 Å². The third kappa shape index (κ3) is 5.03. The van der Waals surface area contributed by atoms with Gasteiger partial charge in [0.1, 0.15) is 34.8 Å². The van der Waals surface area contributed by atoms with Crippen molar-refractivity contribution in [2.75, 3.05) is 13.1 Å². The van der Waals surface area contributed by atoms with Crippen molar-refractivity contribution < 1.29 is 14.0 Å². The molecule has 0 spiro atoms. The predicted octanol–water partition coefficient (Wildman–Crippen LogP) is 3.43. The summed E-state index contributed by atoms with van der Waals surface area (Å²) in [6.45, 7) is 9.07. The van der Waals surface area contributed by atoms with Gasteiger partial charge in [-0.05, 0) is 32.4 Å². The van der Waals surface area contributed by atoms with Gasteiger partial charge in [-0.25, -0.2) is 14.4 Å². The molecule has 38 heavy (non-hydrogen) atoms. The number of likely N-dealkylation sites (tertiary alicyclic amines) is 1. The molecular weight excluding hydrogens is 487 g/mol. The van der Waals surface area contributed by atoms with E-state index in [9.17, 15) is 18.8 Å². The molecule has 1 N–H and O–H groups in total. The fourth-order valence-electron chi connectivity index (χ4n) is 4.52. The Bertz CT molecular complexity index is 1580. The Morgan fingerprint density at radius 1 is 1.13 bits per heavy atom. The lowest BCUT2D eigenvalue weighted by Crippen LogP contribution is -2.60. The molecule has 0 aliphatic carbocycles. The number of alkyl halides is 1. The number of fused-ring (bicyclic) bond motifs is 3. The van der Waals surface area contributed by atoms with Gasteiger partial charge in [0.15, 0.2) is 0 Å². The SMILES string of the molecule is CC.Cc1ccc(CNC(=O)c2cc3c4nc(C)n(C)c4cnc3n(CC(=O)N3CC(C)(F)C3)c2=O)cc1. The Hall–Kier alpha value is -4.08. The molecule has 1 aliphatic heterocycles. The van der Waals surface area contributed by atoms with E-state index in [1.165, 1.54) is 22.5 Å². The minimum absolute atomic E-state index is 0.0354. The summed E-state index contributed by atoms with van der Waals surface area (Å²) < 4.78 is 17.0. The van der Waals surface area contributed by atoms with Gasteiger partial charge >= 0.3 is 0 Å². The first-order chi connectivity index (χ1) is 18.0. The molecule has 0 saturated carbocycles. The number of hydrogen-bond acceptors (Lipinski definition) is 5. The highest BCUT2D eigenvalue weighted by molar-refractivity contribution is 6.05. The number of aryl methyl sites for hydroxylation is 3. The minimum atomic E-state index is -1.43. The number of pyridine rings is 2. The van der Waals surface area contributed by atoms with Crippen molar-refractivity contribution in [2.24, 2.45) is 7.05 Å². The molecule has 1 aliphatic rings. The van der Waals surface area contributed by atoms with Crippen LogP contribution in [0.3, 0.4) is 0 Å². The van der Waals surface area contributed by atoms with Crippen LogP contribution in [0.15, 0.2) is 41.3 Å². The van der Waals surface area contributed by atoms with Crippen molar-refractivity contribution in [3.63, 3.8) is 0 Å². The van der Waals surface area contributed by atoms with Crippen LogP contribution in [0.5, 0.6) is 0 Å². The Morgan fingerprint density at radius 2 is 1.79 bits per heavy atom. The first kappa shape index (κ1) is 27.0. The maximum atomic E-state index is 14.0. The third-order valence-electron chi connectivity index (χ3n) is 6.69. The van der Waals surface area contributed by atoms with Crippen molar-refractivity contribution >= 4 is 33.9 Å². The number of nitrogens with one attached hydrogen (secondary N) is 1. The van der Waals surface area contributed by atoms with E-state index in [-0.39, 0.29) is 37.4 Å². The van der Waals surface area contributed by atoms with Crippen molar-refractivity contribution in [3.8, 4) is 0 Å². The van der Waals surface area contributed by atoms with Gasteiger partial charge < -0.3 is 14.8 Å². The fourth-order valence-corrected chi connectivity index (χ4v) is 4.52. The number of carbonyl (C=O) groups excluding carboxylic acids is 2. The second kappa shape index (κ2) is 10.4. The number of rotatable bonds is 5. The van der Waals surface area contributed by atoms with Gasteiger partial charge in [0.2, 0.25) is 5.91 Å². The van der Waals surface area contributed by atoms with E-state index in [0.29, 0.717) is 10.9 Å². The summed E-state index contributed by atoms with van der Waals surface area (Å²) in [6.07, 6.45) is 1.59. The van der Waals surface area contributed by atoms with Crippen LogP contribution in [0.25, 0.3) is 22.1 Å². The third-order valence-corrected chi connectivity index (χ3v) is 6.69. The van der Waals surface area contributed by atoms with Crippen molar-refractivity contribution in [1.29, 1.82) is 0 Å². The number of halogens is 1. The molecule has 3 aromatic heterocycles. The van der Waals surface area contributed by atoms with Crippen LogP contribution >= 0.6 is 0 Å². The Labute approximate surface area is 220 Å². The van der Waals surface area contributed by atoms with E-state index in [1.807, 2.05) is 63.6 Å². The van der Waals surface area contributed by atoms with Crippen LogP contribution in [0, 0.1) is 13.8 Å². The van der Waals surface area contributed by atoms with E-state index in [0.717, 1.165) is 22.5 Å². The lowest BCUT2D eigenvalue weighted by atomic mass is 9.99. The average molecular weight is 521 g/mol. The maximum absolute atomic E-state index is 14.0. The molecule has 0 radical (unpaired) electrons. The molecule has 10 heteroatoms. The molecule has 0 atom stereocenters. The molecule has 1 fully saturated rings. The van der Waals surface area contributed by atoms with E-state index < -0.39 is 23.0 Å². The molecule has 1 saturated heterocycles. The number of imidazole rings is 1. The number of aromatic nitrogens is 4. The van der Waals surface area contributed by atoms with Gasteiger partial charge in [0, 0.05) is 19.0 Å². The van der Waals surface area contributed by atoms with E-state index in [1.54, 1.807) is 6.20 Å². The highest BCUT2D eigenvalue weighted by Crippen LogP contribution is 2.26. The summed E-state index contributed by atoms with van der Waals surface area (Å²) in [4.78, 5) is 49.9. The van der Waals surface area contributed by atoms with Crippen LogP contribution < -0.4 is 10.9 Å². The van der Waals surface area contributed by atoms with Gasteiger partial charge in [0.25, 0.3) is 11.5 Å². The lowest BCUT2D eigenvalue weighted by molar-refractivity contribution is -0.144. The first-order valence-corrected chi connectivity index (χ1v) is 12.7. The van der Waals surface area contributed by atoms with Crippen LogP contribution in [0.4, 0.5) is 4.39 Å². The molecule has 9 nitrogen and oxygen atoms in total. The van der Waals surface area contributed by atoms with Crippen molar-refractivity contribution in [2.45, 2.75) is 53.4 Å². The molecule has 200 valence electrons. The largest absolute Gasteiger partial charge is 0.348 e. The average Bonchev–Trinajstić information content (AvgIpc) is 3.18. The van der Waals surface area contributed by atoms with Crippen LogP contribution in [-0.2, 0) is 24.9 Å². The molecule has 0 unspecified atom stereocenters. The maximum Gasteiger partial charge on any atom is 0.265 e. The Morgan fingerprint density at radius 3 is 2.42 bits per heavy atom. The van der Waals surface area contributed by atoms with Gasteiger partial charge in [-0.2, -0.15) is 0 Å². The number of benzene rings is 1. The van der Waals surface area contributed by atoms with Crippen molar-refractivity contribution in [1.82, 2.24) is 29.3 Å². The predicted molar refractivity (Wildman–Crippen MR) is 145 cm³/mol. The fraction of sp³-hybridized carbons (Fsp3) is 0.393. The Balaban J connectivity index is 0.00000164. The second-order valence-corrected chi connectivity index (χ2v) is 9.73. The highest BCUT2D eigenvalue weighted by atomic mass is 19.1. The summed E-state index contributed by atoms with van der Waals surface area (Å²) in [5.41, 5.74) is 1.37. The molecule has 4 heterocycles. The topological polar surface area (TPSA) is 102 Å². The van der Waals surface area contributed by atoms with Gasteiger partial charge in [-0.3, -0.25) is 19.0 Å². The molecular formula is C28H33FN6O3. The summed E-state index contributed by atoms with van der Waals surface area (Å²) in [7, 11) is 1.85. The second-order valence-electron chi connectivity index (χ2n) is 9.73. The first-order valence-electron chi connectivity index (χ1n) is 12.7. The molecule has 5 rings (SSSR count). The molecule has 0 bridgehead atoms. The van der Waals surface area contributed by atoms with Gasteiger partial charge in [-0.1, -0.05) is 43.7 Å². The molecule has 1 aromatic carbocycles. The van der Waals surface area contributed by atoms with Crippen molar-refractivity contribution in [3.05, 3.63) is 69.4 Å². The van der Waals surface area contributed by atoms with Crippen LogP contribution in [-0.4, -0.2) is 54.6 Å². The van der Waals surface area contributed by atoms with Crippen LogP contribution in [0.1, 0.15) is 48.1 Å². The lowest BCUT2D eigenvalue weighted by Gasteiger charge is -2.42. The standard InChI is InChI=1S/C26H27FN6O3.C2H6/c1-15-5-7-17(8-6-15)10-29-24(35)19-9-18-22-20(31(4)16(2)30-22)11-28-23(18)33(25(19)36)12-21(34)32-13-26(3,27)14-32;1-2/h5-9,11H,10,12-14H2,1-4H3,(H,29,35);1-2H3. The zero-order valence-electron chi connectivity index (χ0n) is 22.6. The van der Waals surface area contributed by atoms with E-state index in [2.05, 4.69) is 15.3 Å². The van der Waals surface area contributed by atoms with Crippen LogP contribution in [0.2, 0.25) is 0 Å². The summed E-state index contributed by atoms with van der Waals surface area (Å²) in [6, 6.07) is 9.19. The zero-order chi connectivity index (χ0) is 27.8. The summed E-state index contributed by atoms with van der Waals surface area (Å²) >= 11 is 0. The molecule has 4 aromatic rings. The molecule has 2 amide bonds. The zero-order valence-corrected chi connectivity index (χ0v) is 22.6. The smallest absolute Gasteiger partial charge is 0.265 e. The van der Waals surface area contributed by atoms with E-state index in [4.69, 9.17) is 0 Å². The number of nitrogens with zero attached hydrogens (tertiary/aromatic N) is 5. The number of hydrogen-bond donors (Lipinski definition) is 1. The highest BCUT2D eigenvalue weighted by Gasteiger charge is 2.41. The normalized spacial score (nSPS) is 14.1. The number of carbonyl (C=O) groups is 2. The number of amides is 2.